The van der Waals surface area contributed by atoms with Crippen LogP contribution in [0.5, 0.6) is 0 Å². The third-order valence-electron chi connectivity index (χ3n) is 5.67. The first-order valence-electron chi connectivity index (χ1n) is 10.7. The van der Waals surface area contributed by atoms with E-state index in [9.17, 15) is 18.0 Å². The first-order valence-corrected chi connectivity index (χ1v) is 11.1. The van der Waals surface area contributed by atoms with Crippen LogP contribution in [0.4, 0.5) is 19.0 Å². The molecule has 1 aromatic carbocycles. The fourth-order valence-electron chi connectivity index (χ4n) is 3.98. The summed E-state index contributed by atoms with van der Waals surface area (Å²) >= 11 is 6.11. The lowest BCUT2D eigenvalue weighted by atomic mass is 10.1. The lowest BCUT2D eigenvalue weighted by Gasteiger charge is -2.23. The van der Waals surface area contributed by atoms with Crippen LogP contribution in [0, 0.1) is 0 Å². The highest BCUT2D eigenvalue weighted by atomic mass is 35.5. The van der Waals surface area contributed by atoms with E-state index in [1.54, 1.807) is 27.9 Å². The molecule has 1 saturated heterocycles. The molecule has 0 aliphatic carbocycles. The second-order valence-electron chi connectivity index (χ2n) is 7.79. The van der Waals surface area contributed by atoms with Crippen molar-refractivity contribution < 1.29 is 18.0 Å². The van der Waals surface area contributed by atoms with Crippen molar-refractivity contribution in [3.8, 4) is 5.69 Å². The van der Waals surface area contributed by atoms with Crippen LogP contribution in [0.3, 0.4) is 0 Å². The van der Waals surface area contributed by atoms with Gasteiger partial charge in [-0.1, -0.05) is 24.6 Å². The number of hydrogen-bond acceptors (Lipinski definition) is 4. The van der Waals surface area contributed by atoms with Crippen LogP contribution in [-0.4, -0.2) is 51.8 Å². The standard InChI is InChI=1S/C23H23ClF3N5O/c1-2-20-19(15-29-32(20)18-6-3-5-17(24)13-18)22(33)31-10-4-9-30(11-12-31)21-8-7-16(14-28-21)23(25,26)27/h3,5-8,13-15H,2,4,9-12H2,1H3. The Morgan fingerprint density at radius 2 is 1.91 bits per heavy atom. The first kappa shape index (κ1) is 23.1. The fourth-order valence-corrected chi connectivity index (χ4v) is 4.17. The maximum Gasteiger partial charge on any atom is 0.417 e. The van der Waals surface area contributed by atoms with Gasteiger partial charge in [0.05, 0.1) is 28.7 Å². The Bertz CT molecular complexity index is 1130. The number of amides is 1. The average molecular weight is 478 g/mol. The SMILES string of the molecule is CCc1c(C(=O)N2CCCN(c3ccc(C(F)(F)F)cn3)CC2)cnn1-c1cccc(Cl)c1. The summed E-state index contributed by atoms with van der Waals surface area (Å²) in [4.78, 5) is 21.0. The van der Waals surface area contributed by atoms with Gasteiger partial charge in [-0.2, -0.15) is 18.3 Å². The van der Waals surface area contributed by atoms with Gasteiger partial charge in [0.15, 0.2) is 0 Å². The van der Waals surface area contributed by atoms with E-state index in [2.05, 4.69) is 10.1 Å². The topological polar surface area (TPSA) is 54.3 Å². The van der Waals surface area contributed by atoms with E-state index < -0.39 is 11.7 Å². The van der Waals surface area contributed by atoms with E-state index in [1.807, 2.05) is 24.0 Å². The van der Waals surface area contributed by atoms with Gasteiger partial charge < -0.3 is 9.80 Å². The third-order valence-corrected chi connectivity index (χ3v) is 5.90. The van der Waals surface area contributed by atoms with Gasteiger partial charge in [-0.05, 0) is 43.2 Å². The second-order valence-corrected chi connectivity index (χ2v) is 8.22. The van der Waals surface area contributed by atoms with E-state index in [0.29, 0.717) is 55.4 Å². The summed E-state index contributed by atoms with van der Waals surface area (Å²) in [6.07, 6.45) is -0.690. The van der Waals surface area contributed by atoms with E-state index in [-0.39, 0.29) is 5.91 Å². The lowest BCUT2D eigenvalue weighted by molar-refractivity contribution is -0.137. The van der Waals surface area contributed by atoms with Gasteiger partial charge in [-0.25, -0.2) is 9.67 Å². The molecule has 174 valence electrons. The Morgan fingerprint density at radius 1 is 1.09 bits per heavy atom. The minimum absolute atomic E-state index is 0.109. The molecule has 0 saturated carbocycles. The number of alkyl halides is 3. The van der Waals surface area contributed by atoms with Crippen LogP contribution in [0.1, 0.15) is 35.0 Å². The van der Waals surface area contributed by atoms with Gasteiger partial charge in [0.25, 0.3) is 5.91 Å². The van der Waals surface area contributed by atoms with Crippen LogP contribution >= 0.6 is 11.6 Å². The molecule has 2 aromatic heterocycles. The molecule has 33 heavy (non-hydrogen) atoms. The summed E-state index contributed by atoms with van der Waals surface area (Å²) in [6, 6.07) is 9.70. The van der Waals surface area contributed by atoms with Crippen molar-refractivity contribution in [2.75, 3.05) is 31.1 Å². The quantitative estimate of drug-likeness (QED) is 0.539. The van der Waals surface area contributed by atoms with Gasteiger partial charge in [0, 0.05) is 37.4 Å². The van der Waals surface area contributed by atoms with Crippen LogP contribution in [0.2, 0.25) is 5.02 Å². The molecular formula is C23H23ClF3N5O. The minimum Gasteiger partial charge on any atom is -0.355 e. The number of rotatable bonds is 4. The van der Waals surface area contributed by atoms with Crippen LogP contribution in [-0.2, 0) is 12.6 Å². The Kier molecular flexibility index (Phi) is 6.60. The molecule has 10 heteroatoms. The zero-order valence-corrected chi connectivity index (χ0v) is 18.8. The third kappa shape index (κ3) is 4.98. The molecule has 0 unspecified atom stereocenters. The van der Waals surface area contributed by atoms with E-state index >= 15 is 0 Å². The summed E-state index contributed by atoms with van der Waals surface area (Å²) in [6.45, 7) is 4.03. The highest BCUT2D eigenvalue weighted by Crippen LogP contribution is 2.29. The molecule has 0 radical (unpaired) electrons. The summed E-state index contributed by atoms with van der Waals surface area (Å²) < 4.78 is 40.2. The van der Waals surface area contributed by atoms with Crippen molar-refractivity contribution in [3.05, 3.63) is 70.6 Å². The number of halogens is 4. The Morgan fingerprint density at radius 3 is 2.58 bits per heavy atom. The molecule has 4 rings (SSSR count). The molecule has 3 heterocycles. The van der Waals surface area contributed by atoms with Gasteiger partial charge in [0.1, 0.15) is 5.82 Å². The molecule has 1 aliphatic heterocycles. The summed E-state index contributed by atoms with van der Waals surface area (Å²) in [5, 5.41) is 5.01. The van der Waals surface area contributed by atoms with E-state index in [4.69, 9.17) is 11.6 Å². The number of carbonyl (C=O) groups is 1. The number of benzene rings is 1. The smallest absolute Gasteiger partial charge is 0.355 e. The highest BCUT2D eigenvalue weighted by molar-refractivity contribution is 6.30. The molecule has 0 spiro atoms. The molecule has 0 atom stereocenters. The van der Waals surface area contributed by atoms with Crippen molar-refractivity contribution in [1.82, 2.24) is 19.7 Å². The zero-order chi connectivity index (χ0) is 23.6. The van der Waals surface area contributed by atoms with E-state index in [1.165, 1.54) is 6.07 Å². The minimum atomic E-state index is -4.42. The lowest BCUT2D eigenvalue weighted by Crippen LogP contribution is -2.35. The maximum atomic E-state index is 13.3. The molecule has 6 nitrogen and oxygen atoms in total. The van der Waals surface area contributed by atoms with Gasteiger partial charge in [0.2, 0.25) is 0 Å². The molecule has 0 bridgehead atoms. The van der Waals surface area contributed by atoms with Crippen molar-refractivity contribution in [2.24, 2.45) is 0 Å². The molecule has 1 fully saturated rings. The Labute approximate surface area is 194 Å². The predicted octanol–water partition coefficient (Wildman–Crippen LogP) is 4.85. The van der Waals surface area contributed by atoms with Crippen molar-refractivity contribution in [3.63, 3.8) is 0 Å². The Hall–Kier alpha value is -3.07. The molecule has 3 aromatic rings. The maximum absolute atomic E-state index is 13.3. The van der Waals surface area contributed by atoms with E-state index in [0.717, 1.165) is 23.6 Å². The van der Waals surface area contributed by atoms with Crippen molar-refractivity contribution in [1.29, 1.82) is 0 Å². The predicted molar refractivity (Wildman–Crippen MR) is 120 cm³/mol. The molecule has 1 aliphatic rings. The molecule has 1 amide bonds. The van der Waals surface area contributed by atoms with Gasteiger partial charge >= 0.3 is 6.18 Å². The second kappa shape index (κ2) is 9.43. The number of anilines is 1. The fraction of sp³-hybridized carbons (Fsp3) is 0.348. The number of hydrogen-bond donors (Lipinski definition) is 0. The van der Waals surface area contributed by atoms with Crippen molar-refractivity contribution >= 4 is 23.3 Å². The van der Waals surface area contributed by atoms with Crippen molar-refractivity contribution in [2.45, 2.75) is 25.9 Å². The largest absolute Gasteiger partial charge is 0.417 e. The summed E-state index contributed by atoms with van der Waals surface area (Å²) in [7, 11) is 0. The number of nitrogens with zero attached hydrogens (tertiary/aromatic N) is 5. The molecular weight excluding hydrogens is 455 g/mol. The normalized spacial score (nSPS) is 14.9. The summed E-state index contributed by atoms with van der Waals surface area (Å²) in [5.74, 6) is 0.364. The number of pyridine rings is 1. The van der Waals surface area contributed by atoms with Crippen LogP contribution in [0.15, 0.2) is 48.8 Å². The Balaban J connectivity index is 1.49. The summed E-state index contributed by atoms with van der Waals surface area (Å²) in [5.41, 5.74) is 1.35. The van der Waals surface area contributed by atoms with Gasteiger partial charge in [-0.15, -0.1) is 0 Å². The highest BCUT2D eigenvalue weighted by Gasteiger charge is 2.31. The first-order chi connectivity index (χ1) is 15.8. The molecule has 0 N–H and O–H groups in total. The average Bonchev–Trinajstić information content (AvgIpc) is 3.07. The zero-order valence-electron chi connectivity index (χ0n) is 18.0. The monoisotopic (exact) mass is 477 g/mol. The van der Waals surface area contributed by atoms with Gasteiger partial charge in [-0.3, -0.25) is 4.79 Å². The number of aromatic nitrogens is 3. The van der Waals surface area contributed by atoms with Crippen LogP contribution in [0.25, 0.3) is 5.69 Å². The van der Waals surface area contributed by atoms with Crippen LogP contribution < -0.4 is 4.90 Å². The number of carbonyl (C=O) groups excluding carboxylic acids is 1.